The maximum Gasteiger partial charge on any atom is 0.181 e. The van der Waals surface area contributed by atoms with Crippen LogP contribution in [0.15, 0.2) is 12.1 Å². The van der Waals surface area contributed by atoms with E-state index in [9.17, 15) is 4.79 Å². The lowest BCUT2D eigenvalue weighted by Gasteiger charge is -2.19. The van der Waals surface area contributed by atoms with E-state index in [2.05, 4.69) is 4.98 Å². The van der Waals surface area contributed by atoms with Crippen molar-refractivity contribution in [1.82, 2.24) is 4.98 Å². The minimum atomic E-state index is 0.0752. The molecule has 0 saturated carbocycles. The molecule has 1 aliphatic carbocycles. The summed E-state index contributed by atoms with van der Waals surface area (Å²) >= 11 is 0. The molecule has 0 spiro atoms. The van der Waals surface area contributed by atoms with Gasteiger partial charge in [0.15, 0.2) is 17.3 Å². The third kappa shape index (κ3) is 2.09. The predicted molar refractivity (Wildman–Crippen MR) is 78.7 cm³/mol. The SMILES string of the molecule is COc1cc2nc3c(c(OC)c2cc1OC)CCCC3=O. The summed E-state index contributed by atoms with van der Waals surface area (Å²) in [7, 11) is 4.78. The Bertz CT molecular complexity index is 724. The number of carbonyl (C=O) groups excluding carboxylic acids is 1. The third-order valence-electron chi connectivity index (χ3n) is 3.84. The molecule has 0 aliphatic heterocycles. The van der Waals surface area contributed by atoms with E-state index in [1.165, 1.54) is 0 Å². The highest BCUT2D eigenvalue weighted by Crippen LogP contribution is 2.40. The Morgan fingerprint density at radius 2 is 1.71 bits per heavy atom. The lowest BCUT2D eigenvalue weighted by Crippen LogP contribution is -2.14. The van der Waals surface area contributed by atoms with Crippen molar-refractivity contribution in [3.63, 3.8) is 0 Å². The number of benzene rings is 1. The number of aromatic nitrogens is 1. The Labute approximate surface area is 122 Å². The van der Waals surface area contributed by atoms with Gasteiger partial charge in [-0.1, -0.05) is 0 Å². The van der Waals surface area contributed by atoms with E-state index in [0.29, 0.717) is 34.9 Å². The molecule has 0 N–H and O–H groups in total. The van der Waals surface area contributed by atoms with Crippen LogP contribution in [0.25, 0.3) is 10.9 Å². The van der Waals surface area contributed by atoms with Gasteiger partial charge < -0.3 is 14.2 Å². The van der Waals surface area contributed by atoms with E-state index in [1.807, 2.05) is 6.07 Å². The van der Waals surface area contributed by atoms with Gasteiger partial charge in [0.05, 0.1) is 26.8 Å². The number of hydrogen-bond acceptors (Lipinski definition) is 5. The van der Waals surface area contributed by atoms with E-state index in [-0.39, 0.29) is 5.78 Å². The Kier molecular flexibility index (Phi) is 3.41. The monoisotopic (exact) mass is 287 g/mol. The second-order valence-electron chi connectivity index (χ2n) is 4.97. The van der Waals surface area contributed by atoms with Crippen molar-refractivity contribution in [2.75, 3.05) is 21.3 Å². The second-order valence-corrected chi connectivity index (χ2v) is 4.97. The van der Waals surface area contributed by atoms with Gasteiger partial charge in [0, 0.05) is 23.4 Å². The zero-order valence-electron chi connectivity index (χ0n) is 12.4. The van der Waals surface area contributed by atoms with Crippen LogP contribution in [-0.4, -0.2) is 32.1 Å². The highest BCUT2D eigenvalue weighted by Gasteiger charge is 2.25. The van der Waals surface area contributed by atoms with Gasteiger partial charge >= 0.3 is 0 Å². The lowest BCUT2D eigenvalue weighted by molar-refractivity contribution is 0.0967. The highest BCUT2D eigenvalue weighted by molar-refractivity contribution is 6.01. The minimum Gasteiger partial charge on any atom is -0.496 e. The number of carbonyl (C=O) groups is 1. The molecule has 5 heteroatoms. The van der Waals surface area contributed by atoms with Crippen LogP contribution in [0, 0.1) is 0 Å². The van der Waals surface area contributed by atoms with Crippen molar-refractivity contribution in [3.8, 4) is 17.2 Å². The molecule has 0 amide bonds. The van der Waals surface area contributed by atoms with Crippen LogP contribution in [0.2, 0.25) is 0 Å². The number of fused-ring (bicyclic) bond motifs is 2. The number of pyridine rings is 1. The van der Waals surface area contributed by atoms with E-state index < -0.39 is 0 Å². The Morgan fingerprint density at radius 1 is 1.00 bits per heavy atom. The molecular formula is C16H17NO4. The van der Waals surface area contributed by atoms with Crippen LogP contribution in [0.3, 0.4) is 0 Å². The molecule has 1 aromatic carbocycles. The zero-order chi connectivity index (χ0) is 15.0. The topological polar surface area (TPSA) is 57.6 Å². The summed E-state index contributed by atoms with van der Waals surface area (Å²) in [5.41, 5.74) is 2.10. The molecule has 0 fully saturated rings. The van der Waals surface area contributed by atoms with Gasteiger partial charge in [0.25, 0.3) is 0 Å². The molecule has 5 nitrogen and oxygen atoms in total. The standard InChI is InChI=1S/C16H17NO4/c1-19-13-7-10-11(8-14(13)20-2)17-15-9(16(10)21-3)5-4-6-12(15)18/h7-8H,4-6H2,1-3H3. The van der Waals surface area contributed by atoms with Gasteiger partial charge in [0.1, 0.15) is 11.4 Å². The fraction of sp³-hybridized carbons (Fsp3) is 0.375. The number of rotatable bonds is 3. The van der Waals surface area contributed by atoms with Crippen LogP contribution in [0.1, 0.15) is 28.9 Å². The molecule has 3 rings (SSSR count). The van der Waals surface area contributed by atoms with E-state index in [0.717, 1.165) is 23.8 Å². The number of hydrogen-bond donors (Lipinski definition) is 0. The lowest BCUT2D eigenvalue weighted by atomic mass is 9.92. The Balaban J connectivity index is 2.36. The Morgan fingerprint density at radius 3 is 2.38 bits per heavy atom. The van der Waals surface area contributed by atoms with Crippen LogP contribution >= 0.6 is 0 Å². The van der Waals surface area contributed by atoms with Gasteiger partial charge in [0.2, 0.25) is 0 Å². The second kappa shape index (κ2) is 5.24. The van der Waals surface area contributed by atoms with Crippen molar-refractivity contribution in [2.24, 2.45) is 0 Å². The number of ether oxygens (including phenoxy) is 3. The molecule has 0 atom stereocenters. The molecule has 110 valence electrons. The van der Waals surface area contributed by atoms with Crippen molar-refractivity contribution in [3.05, 3.63) is 23.4 Å². The van der Waals surface area contributed by atoms with E-state index in [1.54, 1.807) is 27.4 Å². The molecule has 1 heterocycles. The fourth-order valence-electron chi connectivity index (χ4n) is 2.84. The van der Waals surface area contributed by atoms with Crippen molar-refractivity contribution in [2.45, 2.75) is 19.3 Å². The zero-order valence-corrected chi connectivity index (χ0v) is 12.4. The summed E-state index contributed by atoms with van der Waals surface area (Å²) in [6, 6.07) is 3.62. The average Bonchev–Trinajstić information content (AvgIpc) is 2.52. The summed E-state index contributed by atoms with van der Waals surface area (Å²) in [4.78, 5) is 16.6. The smallest absolute Gasteiger partial charge is 0.181 e. The largest absolute Gasteiger partial charge is 0.496 e. The van der Waals surface area contributed by atoms with Gasteiger partial charge in [-0.2, -0.15) is 0 Å². The normalized spacial score (nSPS) is 14.0. The third-order valence-corrected chi connectivity index (χ3v) is 3.84. The first-order chi connectivity index (χ1) is 10.2. The van der Waals surface area contributed by atoms with Gasteiger partial charge in [-0.3, -0.25) is 4.79 Å². The molecule has 2 aromatic rings. The predicted octanol–water partition coefficient (Wildman–Crippen LogP) is 2.78. The van der Waals surface area contributed by atoms with Crippen LogP contribution in [0.4, 0.5) is 0 Å². The molecular weight excluding hydrogens is 270 g/mol. The van der Waals surface area contributed by atoms with Gasteiger partial charge in [-0.25, -0.2) is 4.98 Å². The van der Waals surface area contributed by atoms with Gasteiger partial charge in [-0.05, 0) is 18.9 Å². The maximum atomic E-state index is 12.1. The first-order valence-corrected chi connectivity index (χ1v) is 6.85. The highest BCUT2D eigenvalue weighted by atomic mass is 16.5. The average molecular weight is 287 g/mol. The summed E-state index contributed by atoms with van der Waals surface area (Å²) < 4.78 is 16.2. The summed E-state index contributed by atoms with van der Waals surface area (Å²) in [6.07, 6.45) is 2.19. The first-order valence-electron chi connectivity index (χ1n) is 6.85. The van der Waals surface area contributed by atoms with Crippen LogP contribution in [0.5, 0.6) is 17.2 Å². The first kappa shape index (κ1) is 13.7. The van der Waals surface area contributed by atoms with Crippen molar-refractivity contribution in [1.29, 1.82) is 0 Å². The molecule has 0 saturated heterocycles. The number of Topliss-reactive ketones (excluding diaryl/α,β-unsaturated/α-hetero) is 1. The molecule has 0 radical (unpaired) electrons. The maximum absolute atomic E-state index is 12.1. The van der Waals surface area contributed by atoms with Crippen molar-refractivity contribution < 1.29 is 19.0 Å². The van der Waals surface area contributed by atoms with Gasteiger partial charge in [-0.15, -0.1) is 0 Å². The number of nitrogens with zero attached hydrogens (tertiary/aromatic N) is 1. The van der Waals surface area contributed by atoms with Crippen LogP contribution in [-0.2, 0) is 6.42 Å². The summed E-state index contributed by atoms with van der Waals surface area (Å²) in [6.45, 7) is 0. The summed E-state index contributed by atoms with van der Waals surface area (Å²) in [5, 5.41) is 0.837. The fourth-order valence-corrected chi connectivity index (χ4v) is 2.84. The Hall–Kier alpha value is -2.30. The molecule has 0 unspecified atom stereocenters. The molecule has 1 aromatic heterocycles. The molecule has 1 aliphatic rings. The van der Waals surface area contributed by atoms with Crippen molar-refractivity contribution >= 4 is 16.7 Å². The number of methoxy groups -OCH3 is 3. The van der Waals surface area contributed by atoms with E-state index >= 15 is 0 Å². The molecule has 21 heavy (non-hydrogen) atoms. The summed E-state index contributed by atoms with van der Waals surface area (Å²) in [5.74, 6) is 1.99. The molecule has 0 bridgehead atoms. The van der Waals surface area contributed by atoms with Crippen LogP contribution < -0.4 is 14.2 Å². The quantitative estimate of drug-likeness (QED) is 0.868. The minimum absolute atomic E-state index is 0.0752. The van der Waals surface area contributed by atoms with E-state index in [4.69, 9.17) is 14.2 Å². The number of ketones is 1.